The molecular formula is C6H10Br3OP. The zero-order chi connectivity index (χ0) is 8.86. The van der Waals surface area contributed by atoms with Gasteiger partial charge in [-0.3, -0.25) is 0 Å². The largest absolute Gasteiger partial charge is 0.323 e. The van der Waals surface area contributed by atoms with E-state index in [2.05, 4.69) is 54.7 Å². The van der Waals surface area contributed by atoms with Crippen LogP contribution in [0.25, 0.3) is 0 Å². The Labute approximate surface area is 92.5 Å². The van der Waals surface area contributed by atoms with Gasteiger partial charge in [-0.25, -0.2) is 0 Å². The highest BCUT2D eigenvalue weighted by atomic mass is 79.9. The van der Waals surface area contributed by atoms with E-state index >= 15 is 0 Å². The lowest BCUT2D eigenvalue weighted by Crippen LogP contribution is -2.30. The fraction of sp³-hybridized carbons (Fsp3) is 1.00. The van der Waals surface area contributed by atoms with Crippen LogP contribution in [0.2, 0.25) is 0 Å². The lowest BCUT2D eigenvalue weighted by atomic mass is 10.2. The molecule has 4 unspecified atom stereocenters. The van der Waals surface area contributed by atoms with Crippen LogP contribution in [0, 0.1) is 0 Å². The van der Waals surface area contributed by atoms with E-state index in [1.807, 2.05) is 6.66 Å². The van der Waals surface area contributed by atoms with Crippen molar-refractivity contribution in [2.75, 3.05) is 12.8 Å². The van der Waals surface area contributed by atoms with Crippen molar-refractivity contribution in [3.8, 4) is 0 Å². The molecule has 11 heavy (non-hydrogen) atoms. The minimum atomic E-state index is -1.99. The molecule has 1 nitrogen and oxygen atoms in total. The van der Waals surface area contributed by atoms with Crippen LogP contribution in [-0.4, -0.2) is 26.5 Å². The molecule has 0 spiro atoms. The molecule has 0 aromatic heterocycles. The Morgan fingerprint density at radius 1 is 1.55 bits per heavy atom. The van der Waals surface area contributed by atoms with Crippen molar-refractivity contribution in [2.24, 2.45) is 0 Å². The van der Waals surface area contributed by atoms with E-state index in [-0.39, 0.29) is 8.89 Å². The van der Waals surface area contributed by atoms with Crippen molar-refractivity contribution in [3.63, 3.8) is 0 Å². The minimum absolute atomic E-state index is 0.0721. The van der Waals surface area contributed by atoms with Crippen molar-refractivity contribution in [2.45, 2.75) is 20.6 Å². The molecule has 1 saturated heterocycles. The maximum absolute atomic E-state index is 11.9. The summed E-state index contributed by atoms with van der Waals surface area (Å²) >= 11 is 10.6. The maximum Gasteiger partial charge on any atom is 0.100 e. The van der Waals surface area contributed by atoms with Crippen molar-refractivity contribution in [1.82, 2.24) is 0 Å². The van der Waals surface area contributed by atoms with Gasteiger partial charge >= 0.3 is 0 Å². The summed E-state index contributed by atoms with van der Waals surface area (Å²) in [5.74, 6) is 0. The van der Waals surface area contributed by atoms with Gasteiger partial charge in [0.15, 0.2) is 0 Å². The van der Waals surface area contributed by atoms with E-state index in [1.54, 1.807) is 0 Å². The van der Waals surface area contributed by atoms with Gasteiger partial charge in [-0.1, -0.05) is 47.8 Å². The molecule has 1 heterocycles. The van der Waals surface area contributed by atoms with Crippen molar-refractivity contribution in [3.05, 3.63) is 0 Å². The van der Waals surface area contributed by atoms with E-state index in [1.165, 1.54) is 0 Å². The monoisotopic (exact) mass is 366 g/mol. The normalized spacial score (nSPS) is 58.3. The smallest absolute Gasteiger partial charge is 0.100 e. The molecule has 1 rings (SSSR count). The highest BCUT2D eigenvalue weighted by molar-refractivity contribution is 9.14. The highest BCUT2D eigenvalue weighted by Crippen LogP contribution is 2.65. The van der Waals surface area contributed by atoms with Crippen molar-refractivity contribution < 1.29 is 4.57 Å². The van der Waals surface area contributed by atoms with Crippen LogP contribution >= 0.6 is 54.9 Å². The van der Waals surface area contributed by atoms with Gasteiger partial charge in [-0.2, -0.15) is 0 Å². The van der Waals surface area contributed by atoms with Gasteiger partial charge in [-0.05, 0) is 13.6 Å². The summed E-state index contributed by atoms with van der Waals surface area (Å²) in [6.07, 6.45) is 0.769. The molecule has 0 amide bonds. The number of hydrogen-bond donors (Lipinski definition) is 0. The van der Waals surface area contributed by atoms with Crippen LogP contribution in [0.15, 0.2) is 0 Å². The SMILES string of the molecule is CC1(Br)C(Br)CP(C)(=O)C1Br. The second-order valence-electron chi connectivity index (χ2n) is 3.31. The third-order valence-electron chi connectivity index (χ3n) is 2.08. The third kappa shape index (κ3) is 1.79. The molecule has 0 saturated carbocycles. The summed E-state index contributed by atoms with van der Waals surface area (Å²) in [5, 5.41) is 0. The van der Waals surface area contributed by atoms with Gasteiger partial charge in [0.2, 0.25) is 0 Å². The average molecular weight is 369 g/mol. The highest BCUT2D eigenvalue weighted by Gasteiger charge is 2.52. The first kappa shape index (κ1) is 10.7. The van der Waals surface area contributed by atoms with Crippen LogP contribution in [0.4, 0.5) is 0 Å². The Hall–Kier alpha value is 1.67. The van der Waals surface area contributed by atoms with E-state index in [9.17, 15) is 4.57 Å². The fourth-order valence-electron chi connectivity index (χ4n) is 1.27. The molecule has 5 heteroatoms. The minimum Gasteiger partial charge on any atom is -0.323 e. The molecular weight excluding hydrogens is 359 g/mol. The van der Waals surface area contributed by atoms with Crippen LogP contribution in [0.3, 0.4) is 0 Å². The molecule has 0 aromatic carbocycles. The zero-order valence-corrected chi connectivity index (χ0v) is 12.0. The van der Waals surface area contributed by atoms with Crippen molar-refractivity contribution in [1.29, 1.82) is 0 Å². The van der Waals surface area contributed by atoms with Crippen molar-refractivity contribution >= 4 is 54.9 Å². The molecule has 0 aromatic rings. The topological polar surface area (TPSA) is 17.1 Å². The second-order valence-corrected chi connectivity index (χ2v) is 11.0. The molecule has 0 bridgehead atoms. The van der Waals surface area contributed by atoms with Gasteiger partial charge < -0.3 is 4.57 Å². The summed E-state index contributed by atoms with van der Waals surface area (Å²) in [5.41, 5.74) is 0. The Balaban J connectivity index is 2.99. The lowest BCUT2D eigenvalue weighted by molar-refractivity contribution is 0.580. The maximum atomic E-state index is 11.9. The zero-order valence-electron chi connectivity index (χ0n) is 6.35. The Morgan fingerprint density at radius 3 is 2.09 bits per heavy atom. The summed E-state index contributed by atoms with van der Waals surface area (Å²) in [4.78, 5) is 0.301. The van der Waals surface area contributed by atoms with Gasteiger partial charge in [0.05, 0.1) is 8.89 Å². The van der Waals surface area contributed by atoms with Gasteiger partial charge in [0.25, 0.3) is 0 Å². The van der Waals surface area contributed by atoms with E-state index in [0.29, 0.717) is 4.83 Å². The fourth-order valence-corrected chi connectivity index (χ4v) is 8.80. The quantitative estimate of drug-likeness (QED) is 0.471. The van der Waals surface area contributed by atoms with E-state index < -0.39 is 7.14 Å². The van der Waals surface area contributed by atoms with Crippen LogP contribution < -0.4 is 0 Å². The predicted octanol–water partition coefficient (Wildman–Crippen LogP) is 3.63. The average Bonchev–Trinajstić information content (AvgIpc) is 1.94. The summed E-state index contributed by atoms with van der Waals surface area (Å²) < 4.78 is 11.9. The molecule has 4 atom stereocenters. The standard InChI is InChI=1S/C6H10Br3OP/c1-6(9)4(7)3-11(2,10)5(6)8/h4-5H,3H2,1-2H3. The molecule has 1 fully saturated rings. The summed E-state index contributed by atoms with van der Waals surface area (Å²) in [7, 11) is -1.99. The van der Waals surface area contributed by atoms with Crippen LogP contribution in [0.1, 0.15) is 6.92 Å². The molecule has 0 aliphatic carbocycles. The van der Waals surface area contributed by atoms with E-state index in [0.717, 1.165) is 6.16 Å². The first-order valence-corrected chi connectivity index (χ1v) is 8.35. The first-order valence-electron chi connectivity index (χ1n) is 3.32. The first-order chi connectivity index (χ1) is 4.78. The Bertz CT molecular complexity index is 216. The molecule has 0 radical (unpaired) electrons. The molecule has 0 N–H and O–H groups in total. The Kier molecular flexibility index (Phi) is 3.04. The van der Waals surface area contributed by atoms with Gasteiger partial charge in [-0.15, -0.1) is 0 Å². The van der Waals surface area contributed by atoms with E-state index in [4.69, 9.17) is 0 Å². The summed E-state index contributed by atoms with van der Waals surface area (Å²) in [6.45, 7) is 3.92. The van der Waals surface area contributed by atoms with Crippen LogP contribution in [-0.2, 0) is 4.57 Å². The van der Waals surface area contributed by atoms with Gasteiger partial charge in [0, 0.05) is 11.0 Å². The Morgan fingerprint density at radius 2 is 2.00 bits per heavy atom. The number of hydrogen-bond acceptors (Lipinski definition) is 1. The molecule has 66 valence electrons. The number of halogens is 3. The predicted molar refractivity (Wildman–Crippen MR) is 61.2 cm³/mol. The molecule has 1 aliphatic rings. The number of alkyl halides is 3. The number of rotatable bonds is 0. The van der Waals surface area contributed by atoms with Crippen LogP contribution in [0.5, 0.6) is 0 Å². The summed E-state index contributed by atoms with van der Waals surface area (Å²) in [6, 6.07) is 0. The lowest BCUT2D eigenvalue weighted by Gasteiger charge is -2.23. The second kappa shape index (κ2) is 3.11. The molecule has 1 aliphatic heterocycles. The third-order valence-corrected chi connectivity index (χ3v) is 12.6. The van der Waals surface area contributed by atoms with Gasteiger partial charge in [0.1, 0.15) is 7.14 Å².